The molecule has 0 bridgehead atoms. The van der Waals surface area contributed by atoms with Crippen molar-refractivity contribution in [1.29, 1.82) is 0 Å². The van der Waals surface area contributed by atoms with Crippen LogP contribution in [0, 0.1) is 6.92 Å². The number of carbonyl (C=O) groups is 2. The minimum atomic E-state index is -3.77. The molecule has 0 heterocycles. The molecule has 0 aliphatic heterocycles. The lowest BCUT2D eigenvalue weighted by Gasteiger charge is -2.33. The van der Waals surface area contributed by atoms with Crippen molar-refractivity contribution in [2.45, 2.75) is 46.2 Å². The molecule has 2 aromatic carbocycles. The third-order valence-electron chi connectivity index (χ3n) is 5.58. The van der Waals surface area contributed by atoms with Gasteiger partial charge in [-0.05, 0) is 55.2 Å². The molecule has 9 heteroatoms. The fourth-order valence-electron chi connectivity index (χ4n) is 3.62. The number of methoxy groups -OCH3 is 1. The molecule has 2 amide bonds. The van der Waals surface area contributed by atoms with E-state index in [9.17, 15) is 18.0 Å². The second-order valence-electron chi connectivity index (χ2n) is 8.13. The van der Waals surface area contributed by atoms with Crippen molar-refractivity contribution in [2.75, 3.05) is 30.8 Å². The largest absolute Gasteiger partial charge is 0.497 e. The van der Waals surface area contributed by atoms with E-state index in [4.69, 9.17) is 4.74 Å². The van der Waals surface area contributed by atoms with Crippen LogP contribution in [0.4, 0.5) is 5.69 Å². The van der Waals surface area contributed by atoms with Gasteiger partial charge < -0.3 is 15.0 Å². The number of nitrogens with zero attached hydrogens (tertiary/aromatic N) is 2. The maximum atomic E-state index is 13.6. The monoisotopic (exact) mass is 489 g/mol. The zero-order valence-corrected chi connectivity index (χ0v) is 21.4. The van der Waals surface area contributed by atoms with Gasteiger partial charge in [0.25, 0.3) is 0 Å². The van der Waals surface area contributed by atoms with E-state index in [1.807, 2.05) is 45.0 Å². The van der Waals surface area contributed by atoms with Gasteiger partial charge in [0.05, 0.1) is 19.1 Å². The van der Waals surface area contributed by atoms with Gasteiger partial charge in [0.2, 0.25) is 21.8 Å². The molecule has 0 radical (unpaired) electrons. The Bertz CT molecular complexity index is 1070. The normalized spacial score (nSPS) is 12.0. The summed E-state index contributed by atoms with van der Waals surface area (Å²) in [5.41, 5.74) is 2.23. The number of aryl methyl sites for hydroxylation is 1. The summed E-state index contributed by atoms with van der Waals surface area (Å²) in [6.45, 7) is 6.01. The molecule has 0 saturated heterocycles. The Morgan fingerprint density at radius 3 is 2.24 bits per heavy atom. The van der Waals surface area contributed by atoms with E-state index >= 15 is 0 Å². The number of hydrogen-bond donors (Lipinski definition) is 1. The maximum absolute atomic E-state index is 13.6. The van der Waals surface area contributed by atoms with Crippen molar-refractivity contribution in [3.8, 4) is 5.75 Å². The van der Waals surface area contributed by atoms with E-state index in [0.29, 0.717) is 24.4 Å². The lowest BCUT2D eigenvalue weighted by atomic mass is 10.1. The molecule has 0 unspecified atom stereocenters. The van der Waals surface area contributed by atoms with Gasteiger partial charge >= 0.3 is 0 Å². The number of anilines is 1. The van der Waals surface area contributed by atoms with Crippen LogP contribution in [0.25, 0.3) is 0 Å². The second-order valence-corrected chi connectivity index (χ2v) is 10.0. The zero-order valence-electron chi connectivity index (χ0n) is 20.6. The fraction of sp³-hybridized carbons (Fsp3) is 0.440. The van der Waals surface area contributed by atoms with E-state index in [-0.39, 0.29) is 12.5 Å². The Morgan fingerprint density at radius 2 is 1.71 bits per heavy atom. The molecule has 186 valence electrons. The van der Waals surface area contributed by atoms with Gasteiger partial charge in [0, 0.05) is 13.1 Å². The Hall–Kier alpha value is -3.07. The first kappa shape index (κ1) is 27.2. The first-order chi connectivity index (χ1) is 16.1. The fourth-order valence-corrected chi connectivity index (χ4v) is 4.47. The molecule has 34 heavy (non-hydrogen) atoms. The smallest absolute Gasteiger partial charge is 0.244 e. The highest BCUT2D eigenvalue weighted by atomic mass is 32.2. The van der Waals surface area contributed by atoms with Gasteiger partial charge in [-0.2, -0.15) is 0 Å². The number of sulfonamides is 1. The van der Waals surface area contributed by atoms with E-state index in [1.165, 1.54) is 12.0 Å². The molecule has 0 aliphatic rings. The lowest BCUT2D eigenvalue weighted by molar-refractivity contribution is -0.140. The Kier molecular flexibility index (Phi) is 9.92. The summed E-state index contributed by atoms with van der Waals surface area (Å²) >= 11 is 0. The number of rotatable bonds is 12. The number of ether oxygens (including phenoxy) is 1. The third kappa shape index (κ3) is 7.21. The van der Waals surface area contributed by atoms with Gasteiger partial charge in [-0.1, -0.05) is 38.1 Å². The quantitative estimate of drug-likeness (QED) is 0.494. The van der Waals surface area contributed by atoms with Crippen LogP contribution < -0.4 is 14.4 Å². The average Bonchev–Trinajstić information content (AvgIpc) is 2.81. The summed E-state index contributed by atoms with van der Waals surface area (Å²) in [7, 11) is -2.25. The molecule has 2 aromatic rings. The standard InChI is InChI=1S/C25H35N3O5S/c1-6-16-26-25(30)23(7-2)27(17-20-11-9-8-10-19(20)3)24(29)18-28(34(5,31)32)21-12-14-22(33-4)15-13-21/h8-15,23H,6-7,16-18H2,1-5H3,(H,26,30)/t23-/m1/s1. The van der Waals surface area contributed by atoms with Crippen LogP contribution in [0.15, 0.2) is 48.5 Å². The molecule has 1 N–H and O–H groups in total. The number of benzene rings is 2. The van der Waals surface area contributed by atoms with Crippen LogP contribution in [-0.2, 0) is 26.2 Å². The summed E-state index contributed by atoms with van der Waals surface area (Å²) in [6, 6.07) is 13.4. The molecule has 0 fully saturated rings. The topological polar surface area (TPSA) is 96.0 Å². The molecule has 2 rings (SSSR count). The minimum Gasteiger partial charge on any atom is -0.497 e. The van der Waals surface area contributed by atoms with Gasteiger partial charge in [0.1, 0.15) is 18.3 Å². The molecule has 0 saturated carbocycles. The van der Waals surface area contributed by atoms with Crippen molar-refractivity contribution in [3.63, 3.8) is 0 Å². The summed E-state index contributed by atoms with van der Waals surface area (Å²) in [4.78, 5) is 28.0. The predicted octanol–water partition coefficient (Wildman–Crippen LogP) is 3.10. The maximum Gasteiger partial charge on any atom is 0.244 e. The minimum absolute atomic E-state index is 0.198. The summed E-state index contributed by atoms with van der Waals surface area (Å²) in [5.74, 6) is -0.131. The highest BCUT2D eigenvalue weighted by Gasteiger charge is 2.31. The molecule has 8 nitrogen and oxygen atoms in total. The van der Waals surface area contributed by atoms with Gasteiger partial charge in [-0.25, -0.2) is 8.42 Å². The van der Waals surface area contributed by atoms with Crippen LogP contribution in [0.1, 0.15) is 37.8 Å². The van der Waals surface area contributed by atoms with Crippen LogP contribution in [0.5, 0.6) is 5.75 Å². The van der Waals surface area contributed by atoms with Crippen LogP contribution >= 0.6 is 0 Å². The van der Waals surface area contributed by atoms with E-state index in [2.05, 4.69) is 5.32 Å². The zero-order chi connectivity index (χ0) is 25.3. The second kappa shape index (κ2) is 12.4. The van der Waals surface area contributed by atoms with Crippen molar-refractivity contribution in [3.05, 3.63) is 59.7 Å². The third-order valence-corrected chi connectivity index (χ3v) is 6.72. The average molecular weight is 490 g/mol. The molecular weight excluding hydrogens is 454 g/mol. The van der Waals surface area contributed by atoms with E-state index in [1.54, 1.807) is 24.3 Å². The summed E-state index contributed by atoms with van der Waals surface area (Å²) in [6.07, 6.45) is 2.23. The number of hydrogen-bond acceptors (Lipinski definition) is 5. The van der Waals surface area contributed by atoms with Crippen LogP contribution in [0.3, 0.4) is 0 Å². The van der Waals surface area contributed by atoms with Crippen molar-refractivity contribution >= 4 is 27.5 Å². The van der Waals surface area contributed by atoms with Crippen molar-refractivity contribution in [2.24, 2.45) is 0 Å². The predicted molar refractivity (Wildman–Crippen MR) is 134 cm³/mol. The summed E-state index contributed by atoms with van der Waals surface area (Å²) < 4.78 is 31.4. The molecule has 0 aliphatic carbocycles. The van der Waals surface area contributed by atoms with Crippen LogP contribution in [-0.4, -0.2) is 57.6 Å². The number of nitrogens with one attached hydrogen (secondary N) is 1. The first-order valence-corrected chi connectivity index (χ1v) is 13.2. The Labute approximate surface area is 202 Å². The van der Waals surface area contributed by atoms with E-state index in [0.717, 1.165) is 28.1 Å². The molecule has 0 spiro atoms. The Balaban J connectivity index is 2.42. The highest BCUT2D eigenvalue weighted by Crippen LogP contribution is 2.23. The number of amides is 2. The van der Waals surface area contributed by atoms with Gasteiger partial charge in [-0.15, -0.1) is 0 Å². The van der Waals surface area contributed by atoms with E-state index < -0.39 is 28.5 Å². The molecule has 0 aromatic heterocycles. The van der Waals surface area contributed by atoms with Gasteiger partial charge in [-0.3, -0.25) is 13.9 Å². The van der Waals surface area contributed by atoms with Gasteiger partial charge in [0.15, 0.2) is 0 Å². The molecular formula is C25H35N3O5S. The summed E-state index contributed by atoms with van der Waals surface area (Å²) in [5, 5.41) is 2.87. The highest BCUT2D eigenvalue weighted by molar-refractivity contribution is 7.92. The Morgan fingerprint density at radius 1 is 1.06 bits per heavy atom. The van der Waals surface area contributed by atoms with Crippen molar-refractivity contribution < 1.29 is 22.7 Å². The lowest BCUT2D eigenvalue weighted by Crippen LogP contribution is -2.52. The number of carbonyl (C=O) groups excluding carboxylic acids is 2. The SMILES string of the molecule is CCCNC(=O)[C@@H](CC)N(Cc1ccccc1C)C(=O)CN(c1ccc(OC)cc1)S(C)(=O)=O. The van der Waals surface area contributed by atoms with Crippen LogP contribution in [0.2, 0.25) is 0 Å². The first-order valence-electron chi connectivity index (χ1n) is 11.4. The van der Waals surface area contributed by atoms with Crippen molar-refractivity contribution in [1.82, 2.24) is 10.2 Å². The molecule has 1 atom stereocenters.